The minimum Gasteiger partial charge on any atom is -0.508 e. The van der Waals surface area contributed by atoms with Crippen molar-refractivity contribution in [2.45, 2.75) is 19.4 Å². The standard InChI is InChI=1S/C15H15FN2O3/c1-2-14(10-3-6-12(19)7-4-10)17-15-8-5-11(18(20)21)9-13(15)16/h3-9,14,17,19H,2H2,1H3. The van der Waals surface area contributed by atoms with Gasteiger partial charge < -0.3 is 10.4 Å². The minimum absolute atomic E-state index is 0.151. The Kier molecular flexibility index (Phi) is 4.37. The second-order valence-electron chi connectivity index (χ2n) is 4.62. The number of nitrogens with one attached hydrogen (secondary N) is 1. The molecule has 2 N–H and O–H groups in total. The normalized spacial score (nSPS) is 11.9. The van der Waals surface area contributed by atoms with Gasteiger partial charge in [-0.25, -0.2) is 4.39 Å². The molecule has 0 amide bonds. The number of nitro groups is 1. The quantitative estimate of drug-likeness (QED) is 0.644. The van der Waals surface area contributed by atoms with Crippen LogP contribution in [0.25, 0.3) is 0 Å². The molecule has 0 aliphatic carbocycles. The Morgan fingerprint density at radius 1 is 1.29 bits per heavy atom. The van der Waals surface area contributed by atoms with Crippen molar-refractivity contribution < 1.29 is 14.4 Å². The molecule has 0 aromatic heterocycles. The van der Waals surface area contributed by atoms with Crippen molar-refractivity contribution in [2.75, 3.05) is 5.32 Å². The highest BCUT2D eigenvalue weighted by Gasteiger charge is 2.14. The lowest BCUT2D eigenvalue weighted by atomic mass is 10.0. The zero-order valence-corrected chi connectivity index (χ0v) is 11.4. The molecule has 1 unspecified atom stereocenters. The summed E-state index contributed by atoms with van der Waals surface area (Å²) in [6.07, 6.45) is 0.696. The van der Waals surface area contributed by atoms with Crippen LogP contribution in [0.3, 0.4) is 0 Å². The molecule has 6 heteroatoms. The number of hydrogen-bond donors (Lipinski definition) is 2. The molecule has 0 saturated heterocycles. The SMILES string of the molecule is CCC(Nc1ccc([N+](=O)[O-])cc1F)c1ccc(O)cc1. The lowest BCUT2D eigenvalue weighted by Crippen LogP contribution is -2.10. The highest BCUT2D eigenvalue weighted by atomic mass is 19.1. The van der Waals surface area contributed by atoms with E-state index in [1.807, 2.05) is 6.92 Å². The van der Waals surface area contributed by atoms with Crippen LogP contribution in [0.1, 0.15) is 24.9 Å². The third-order valence-corrected chi connectivity index (χ3v) is 3.20. The average Bonchev–Trinajstić information content (AvgIpc) is 2.47. The van der Waals surface area contributed by atoms with E-state index in [4.69, 9.17) is 0 Å². The van der Waals surface area contributed by atoms with Crippen molar-refractivity contribution in [1.29, 1.82) is 0 Å². The number of halogens is 1. The zero-order chi connectivity index (χ0) is 15.4. The van der Waals surface area contributed by atoms with Gasteiger partial charge in [-0.05, 0) is 30.2 Å². The number of aromatic hydroxyl groups is 1. The highest BCUT2D eigenvalue weighted by Crippen LogP contribution is 2.27. The number of phenolic OH excluding ortho intramolecular Hbond substituents is 1. The fourth-order valence-electron chi connectivity index (χ4n) is 2.05. The summed E-state index contributed by atoms with van der Waals surface area (Å²) in [5.74, 6) is -0.503. The van der Waals surface area contributed by atoms with Crippen molar-refractivity contribution in [3.8, 4) is 5.75 Å². The number of nitrogens with zero attached hydrogens (tertiary/aromatic N) is 1. The van der Waals surface area contributed by atoms with Gasteiger partial charge in [0.25, 0.3) is 5.69 Å². The fraction of sp³-hybridized carbons (Fsp3) is 0.200. The Morgan fingerprint density at radius 3 is 2.48 bits per heavy atom. The predicted octanol–water partition coefficient (Wildman–Crippen LogP) is 4.00. The first-order valence-electron chi connectivity index (χ1n) is 6.50. The van der Waals surface area contributed by atoms with Crippen molar-refractivity contribution in [3.63, 3.8) is 0 Å². The van der Waals surface area contributed by atoms with Gasteiger partial charge in [0.1, 0.15) is 5.75 Å². The van der Waals surface area contributed by atoms with Crippen LogP contribution in [0.5, 0.6) is 5.75 Å². The average molecular weight is 290 g/mol. The summed E-state index contributed by atoms with van der Waals surface area (Å²) in [5.41, 5.74) is 0.823. The molecule has 0 aliphatic rings. The Hall–Kier alpha value is -2.63. The predicted molar refractivity (Wildman–Crippen MR) is 77.8 cm³/mol. The second-order valence-corrected chi connectivity index (χ2v) is 4.62. The Morgan fingerprint density at radius 2 is 1.95 bits per heavy atom. The number of benzene rings is 2. The van der Waals surface area contributed by atoms with Gasteiger partial charge in [0.15, 0.2) is 5.82 Å². The van der Waals surface area contributed by atoms with E-state index < -0.39 is 10.7 Å². The smallest absolute Gasteiger partial charge is 0.272 e. The molecule has 0 saturated carbocycles. The molecule has 2 aromatic rings. The highest BCUT2D eigenvalue weighted by molar-refractivity contribution is 5.51. The topological polar surface area (TPSA) is 75.4 Å². The largest absolute Gasteiger partial charge is 0.508 e. The first kappa shape index (κ1) is 14.8. The van der Waals surface area contributed by atoms with E-state index in [-0.39, 0.29) is 23.2 Å². The van der Waals surface area contributed by atoms with Crippen LogP contribution in [0, 0.1) is 15.9 Å². The van der Waals surface area contributed by atoms with Crippen LogP contribution in [0.2, 0.25) is 0 Å². The zero-order valence-electron chi connectivity index (χ0n) is 11.4. The van der Waals surface area contributed by atoms with Crippen LogP contribution in [0.4, 0.5) is 15.8 Å². The van der Waals surface area contributed by atoms with Crippen LogP contribution < -0.4 is 5.32 Å². The molecule has 0 spiro atoms. The monoisotopic (exact) mass is 290 g/mol. The van der Waals surface area contributed by atoms with E-state index in [0.717, 1.165) is 11.6 Å². The van der Waals surface area contributed by atoms with Crippen molar-refractivity contribution in [1.82, 2.24) is 0 Å². The van der Waals surface area contributed by atoms with E-state index in [9.17, 15) is 19.6 Å². The van der Waals surface area contributed by atoms with Gasteiger partial charge in [-0.1, -0.05) is 19.1 Å². The first-order valence-corrected chi connectivity index (χ1v) is 6.50. The molecule has 0 bridgehead atoms. The van der Waals surface area contributed by atoms with E-state index in [2.05, 4.69) is 5.32 Å². The number of nitro benzene ring substituents is 1. The van der Waals surface area contributed by atoms with Crippen LogP contribution in [-0.4, -0.2) is 10.0 Å². The molecular formula is C15H15FN2O3. The number of anilines is 1. The Bertz CT molecular complexity index is 644. The van der Waals surface area contributed by atoms with E-state index in [0.29, 0.717) is 6.42 Å². The molecular weight excluding hydrogens is 275 g/mol. The van der Waals surface area contributed by atoms with Gasteiger partial charge in [-0.2, -0.15) is 0 Å². The number of rotatable bonds is 5. The molecule has 0 aliphatic heterocycles. The van der Waals surface area contributed by atoms with Crippen LogP contribution >= 0.6 is 0 Å². The summed E-state index contributed by atoms with van der Waals surface area (Å²) in [6, 6.07) is 9.98. The summed E-state index contributed by atoms with van der Waals surface area (Å²) in [6.45, 7) is 1.94. The summed E-state index contributed by atoms with van der Waals surface area (Å²) in [7, 11) is 0. The Balaban J connectivity index is 2.22. The molecule has 0 radical (unpaired) electrons. The fourth-order valence-corrected chi connectivity index (χ4v) is 2.05. The van der Waals surface area contributed by atoms with Crippen molar-refractivity contribution in [3.05, 3.63) is 64.0 Å². The molecule has 2 rings (SSSR count). The molecule has 110 valence electrons. The van der Waals surface area contributed by atoms with E-state index in [1.165, 1.54) is 12.1 Å². The molecule has 21 heavy (non-hydrogen) atoms. The summed E-state index contributed by atoms with van der Waals surface area (Å²) < 4.78 is 13.9. The number of hydrogen-bond acceptors (Lipinski definition) is 4. The van der Waals surface area contributed by atoms with Gasteiger partial charge in [-0.15, -0.1) is 0 Å². The lowest BCUT2D eigenvalue weighted by Gasteiger charge is -2.19. The van der Waals surface area contributed by atoms with Gasteiger partial charge in [0, 0.05) is 6.07 Å². The van der Waals surface area contributed by atoms with Crippen LogP contribution in [0.15, 0.2) is 42.5 Å². The molecule has 0 fully saturated rings. The van der Waals surface area contributed by atoms with Gasteiger partial charge in [0.2, 0.25) is 0 Å². The molecule has 1 atom stereocenters. The third kappa shape index (κ3) is 3.47. The molecule has 5 nitrogen and oxygen atoms in total. The minimum atomic E-state index is -0.665. The van der Waals surface area contributed by atoms with Gasteiger partial charge in [0.05, 0.1) is 22.7 Å². The summed E-state index contributed by atoms with van der Waals surface area (Å²) in [4.78, 5) is 9.96. The summed E-state index contributed by atoms with van der Waals surface area (Å²) >= 11 is 0. The molecule has 0 heterocycles. The van der Waals surface area contributed by atoms with Crippen molar-refractivity contribution in [2.24, 2.45) is 0 Å². The lowest BCUT2D eigenvalue weighted by molar-refractivity contribution is -0.385. The Labute approximate surface area is 121 Å². The van der Waals surface area contributed by atoms with E-state index in [1.54, 1.807) is 24.3 Å². The first-order chi connectivity index (χ1) is 10.0. The maximum Gasteiger partial charge on any atom is 0.272 e. The van der Waals surface area contributed by atoms with Gasteiger partial charge >= 0.3 is 0 Å². The van der Waals surface area contributed by atoms with Crippen LogP contribution in [-0.2, 0) is 0 Å². The summed E-state index contributed by atoms with van der Waals surface area (Å²) in [5, 5.41) is 22.9. The third-order valence-electron chi connectivity index (χ3n) is 3.20. The van der Waals surface area contributed by atoms with E-state index >= 15 is 0 Å². The number of non-ortho nitro benzene ring substituents is 1. The number of phenols is 1. The van der Waals surface area contributed by atoms with Gasteiger partial charge in [-0.3, -0.25) is 10.1 Å². The maximum absolute atomic E-state index is 13.9. The maximum atomic E-state index is 13.9. The van der Waals surface area contributed by atoms with Crippen molar-refractivity contribution >= 4 is 11.4 Å². The second kappa shape index (κ2) is 6.21. The molecule has 2 aromatic carbocycles.